The Labute approximate surface area is 132 Å². The van der Waals surface area contributed by atoms with E-state index in [1.54, 1.807) is 6.92 Å². The van der Waals surface area contributed by atoms with Gasteiger partial charge in [0.1, 0.15) is 0 Å². The molecule has 2 amide bonds. The number of nitrogens with one attached hydrogen (secondary N) is 1. The maximum absolute atomic E-state index is 10.9. The molecule has 0 bridgehead atoms. The average Bonchev–Trinajstić information content (AvgIpc) is 2.80. The largest absolute Gasteiger partial charge is 0.389 e. The zero-order chi connectivity index (χ0) is 17.5. The Kier molecular flexibility index (Phi) is 14.3. The van der Waals surface area contributed by atoms with Crippen molar-refractivity contribution in [3.63, 3.8) is 0 Å². The Bertz CT molecular complexity index is 354. The fourth-order valence-corrected chi connectivity index (χ4v) is 1.20. The van der Waals surface area contributed by atoms with E-state index in [0.29, 0.717) is 5.06 Å². The van der Waals surface area contributed by atoms with E-state index in [0.717, 1.165) is 25.2 Å². The van der Waals surface area contributed by atoms with E-state index in [-0.39, 0.29) is 19.3 Å². The van der Waals surface area contributed by atoms with Crippen molar-refractivity contribution in [1.82, 2.24) is 10.4 Å². The number of hydrogen-bond acceptors (Lipinski definition) is 6. The van der Waals surface area contributed by atoms with Crippen LogP contribution in [0.4, 0.5) is 0 Å². The fourth-order valence-electron chi connectivity index (χ4n) is 1.20. The predicted octanol–water partition coefficient (Wildman–Crippen LogP) is 1.49. The molecule has 0 saturated carbocycles. The maximum Gasteiger partial charge on any atom is 0.332 e. The van der Waals surface area contributed by atoms with Crippen LogP contribution in [0.25, 0.3) is 0 Å². The second kappa shape index (κ2) is 14.1. The van der Waals surface area contributed by atoms with Gasteiger partial charge in [-0.2, -0.15) is 0 Å². The third kappa shape index (κ3) is 10.8. The number of imide groups is 1. The summed E-state index contributed by atoms with van der Waals surface area (Å²) in [5.74, 6) is -1.46. The number of nitrogens with two attached hydrogens (primary N) is 1. The quantitative estimate of drug-likeness (QED) is 0.745. The average molecular weight is 315 g/mol. The lowest BCUT2D eigenvalue weighted by Gasteiger charge is -2.10. The first kappa shape index (κ1) is 22.4. The minimum absolute atomic E-state index is 0.135. The maximum atomic E-state index is 10.9. The van der Waals surface area contributed by atoms with Crippen molar-refractivity contribution < 1.29 is 19.2 Å². The summed E-state index contributed by atoms with van der Waals surface area (Å²) in [6, 6.07) is 0. The summed E-state index contributed by atoms with van der Waals surface area (Å²) < 4.78 is 0. The zero-order valence-corrected chi connectivity index (χ0v) is 14.1. The van der Waals surface area contributed by atoms with Crippen molar-refractivity contribution in [2.75, 3.05) is 13.1 Å². The van der Waals surface area contributed by atoms with Gasteiger partial charge in [-0.25, -0.2) is 4.79 Å². The summed E-state index contributed by atoms with van der Waals surface area (Å²) in [4.78, 5) is 36.9. The molecule has 3 N–H and O–H groups in total. The molecule has 128 valence electrons. The van der Waals surface area contributed by atoms with E-state index in [1.807, 2.05) is 6.92 Å². The Hall–Kier alpha value is -1.89. The molecule has 0 radical (unpaired) electrons. The van der Waals surface area contributed by atoms with Gasteiger partial charge < -0.3 is 15.9 Å². The van der Waals surface area contributed by atoms with Gasteiger partial charge in [-0.3, -0.25) is 9.59 Å². The number of carbonyl (C=O) groups is 3. The minimum Gasteiger partial charge on any atom is -0.389 e. The Morgan fingerprint density at radius 2 is 1.64 bits per heavy atom. The van der Waals surface area contributed by atoms with E-state index >= 15 is 0 Å². The topological polar surface area (TPSA) is 102 Å². The zero-order valence-electron chi connectivity index (χ0n) is 14.1. The molecule has 1 heterocycles. The van der Waals surface area contributed by atoms with Gasteiger partial charge in [0.2, 0.25) is 0 Å². The highest BCUT2D eigenvalue weighted by atomic mass is 16.7. The third-order valence-corrected chi connectivity index (χ3v) is 2.34. The van der Waals surface area contributed by atoms with Crippen LogP contribution < -0.4 is 11.1 Å². The van der Waals surface area contributed by atoms with Crippen molar-refractivity contribution in [3.05, 3.63) is 12.3 Å². The van der Waals surface area contributed by atoms with Crippen LogP contribution in [0.15, 0.2) is 12.3 Å². The molecular weight excluding hydrogens is 286 g/mol. The molecule has 0 unspecified atom stereocenters. The second-order valence-corrected chi connectivity index (χ2v) is 4.29. The molecule has 1 fully saturated rings. The van der Waals surface area contributed by atoms with Crippen LogP contribution in [0.5, 0.6) is 0 Å². The van der Waals surface area contributed by atoms with Crippen LogP contribution >= 0.6 is 0 Å². The molecule has 7 heteroatoms. The molecule has 0 aromatic carbocycles. The molecule has 0 spiro atoms. The van der Waals surface area contributed by atoms with Crippen LogP contribution in [-0.4, -0.2) is 35.9 Å². The number of amides is 2. The van der Waals surface area contributed by atoms with Crippen molar-refractivity contribution >= 4 is 17.8 Å². The van der Waals surface area contributed by atoms with Crippen LogP contribution in [-0.2, 0) is 19.2 Å². The lowest BCUT2D eigenvalue weighted by molar-refractivity contribution is -0.197. The molecule has 1 rings (SSSR count). The summed E-state index contributed by atoms with van der Waals surface area (Å²) in [6.45, 7) is 13.1. The Morgan fingerprint density at radius 3 is 1.91 bits per heavy atom. The van der Waals surface area contributed by atoms with Gasteiger partial charge in [0.25, 0.3) is 11.8 Å². The van der Waals surface area contributed by atoms with Gasteiger partial charge in [0.15, 0.2) is 0 Å². The highest BCUT2D eigenvalue weighted by molar-refractivity contribution is 6.01. The van der Waals surface area contributed by atoms with Crippen molar-refractivity contribution in [2.45, 2.75) is 53.4 Å². The smallest absolute Gasteiger partial charge is 0.332 e. The van der Waals surface area contributed by atoms with Crippen molar-refractivity contribution in [1.29, 1.82) is 0 Å². The number of rotatable bonds is 5. The molecule has 0 aromatic heterocycles. The number of carbonyl (C=O) groups excluding carboxylic acids is 3. The molecule has 1 saturated heterocycles. The monoisotopic (exact) mass is 315 g/mol. The van der Waals surface area contributed by atoms with E-state index in [1.165, 1.54) is 0 Å². The van der Waals surface area contributed by atoms with Crippen molar-refractivity contribution in [3.8, 4) is 0 Å². The van der Waals surface area contributed by atoms with Gasteiger partial charge in [-0.1, -0.05) is 27.4 Å². The molecule has 22 heavy (non-hydrogen) atoms. The van der Waals surface area contributed by atoms with E-state index in [4.69, 9.17) is 5.73 Å². The normalized spacial score (nSPS) is 12.7. The highest BCUT2D eigenvalue weighted by Gasteiger charge is 2.32. The fraction of sp³-hybridized carbons (Fsp3) is 0.667. The summed E-state index contributed by atoms with van der Waals surface area (Å²) in [6.07, 6.45) is 1.45. The molecule has 0 aromatic rings. The summed E-state index contributed by atoms with van der Waals surface area (Å²) in [7, 11) is 0. The molecule has 0 atom stereocenters. The minimum atomic E-state index is -0.571. The predicted molar refractivity (Wildman–Crippen MR) is 85.3 cm³/mol. The number of hydroxylamine groups is 2. The summed E-state index contributed by atoms with van der Waals surface area (Å²) in [5, 5.41) is 3.65. The SMILES string of the molecule is C=C(CC)NCC.CCC(=O)ON1C(=O)CCC1=O.CCN. The lowest BCUT2D eigenvalue weighted by atomic mass is 10.4. The van der Waals surface area contributed by atoms with Gasteiger partial charge in [0, 0.05) is 31.5 Å². The van der Waals surface area contributed by atoms with Gasteiger partial charge >= 0.3 is 5.97 Å². The first-order valence-corrected chi connectivity index (χ1v) is 7.55. The van der Waals surface area contributed by atoms with Crippen molar-refractivity contribution in [2.24, 2.45) is 5.73 Å². The first-order chi connectivity index (χ1) is 10.4. The Morgan fingerprint density at radius 1 is 1.18 bits per heavy atom. The van der Waals surface area contributed by atoms with Gasteiger partial charge in [0.05, 0.1) is 0 Å². The van der Waals surface area contributed by atoms with Gasteiger partial charge in [-0.05, 0) is 19.9 Å². The standard InChI is InChI=1S/C7H9NO4.C6H13N.C2H7N/c1-2-7(11)12-8-5(9)3-4-6(8)10;1-4-6(3)7-5-2;1-2-3/h2-4H2,1H3;7H,3-5H2,1-2H3;2-3H2,1H3. The Balaban J connectivity index is 0. The van der Waals surface area contributed by atoms with Crippen LogP contribution in [0, 0.1) is 0 Å². The van der Waals surface area contributed by atoms with Gasteiger partial charge in [-0.15, -0.1) is 5.06 Å². The van der Waals surface area contributed by atoms with E-state index in [2.05, 4.69) is 30.6 Å². The van der Waals surface area contributed by atoms with E-state index < -0.39 is 17.8 Å². The second-order valence-electron chi connectivity index (χ2n) is 4.29. The summed E-state index contributed by atoms with van der Waals surface area (Å²) >= 11 is 0. The number of allylic oxidation sites excluding steroid dienone is 1. The third-order valence-electron chi connectivity index (χ3n) is 2.34. The van der Waals surface area contributed by atoms with Crippen LogP contribution in [0.2, 0.25) is 0 Å². The van der Waals surface area contributed by atoms with Crippen LogP contribution in [0.3, 0.4) is 0 Å². The number of nitrogens with zero attached hydrogens (tertiary/aromatic N) is 1. The van der Waals surface area contributed by atoms with E-state index in [9.17, 15) is 14.4 Å². The molecule has 1 aliphatic heterocycles. The molecule has 1 aliphatic rings. The molecular formula is C15H29N3O4. The number of hydrogen-bond donors (Lipinski definition) is 2. The lowest BCUT2D eigenvalue weighted by Crippen LogP contribution is -2.31. The first-order valence-electron chi connectivity index (χ1n) is 7.55. The van der Waals surface area contributed by atoms with Crippen LogP contribution in [0.1, 0.15) is 53.4 Å². The highest BCUT2D eigenvalue weighted by Crippen LogP contribution is 2.12. The molecule has 7 nitrogen and oxygen atoms in total. The summed E-state index contributed by atoms with van der Waals surface area (Å²) in [5.41, 5.74) is 5.97. The molecule has 0 aliphatic carbocycles.